The number of aromatic nitrogens is 2. The van der Waals surface area contributed by atoms with Gasteiger partial charge >= 0.3 is 0 Å². The first kappa shape index (κ1) is 10.1. The van der Waals surface area contributed by atoms with Crippen molar-refractivity contribution in [1.29, 1.82) is 0 Å². The fraction of sp³-hybridized carbons (Fsp3) is 0.600. The van der Waals surface area contributed by atoms with Crippen LogP contribution in [0.1, 0.15) is 38.4 Å². The highest BCUT2D eigenvalue weighted by atomic mass is 14.8. The second-order valence-electron chi connectivity index (χ2n) is 3.23. The first-order valence-electron chi connectivity index (χ1n) is 4.81. The Morgan fingerprint density at radius 1 is 1.31 bits per heavy atom. The number of nitrogens with zero attached hydrogens (tertiary/aromatic N) is 2. The quantitative estimate of drug-likeness (QED) is 0.768. The van der Waals surface area contributed by atoms with E-state index in [-0.39, 0.29) is 6.04 Å². The lowest BCUT2D eigenvalue weighted by molar-refractivity contribution is 0.398. The van der Waals surface area contributed by atoms with Crippen LogP contribution in [-0.2, 0) is 0 Å². The molecule has 1 atom stereocenters. The molecule has 0 aliphatic heterocycles. The Balaban J connectivity index is 2.72. The third-order valence-corrected chi connectivity index (χ3v) is 2.48. The second kappa shape index (κ2) is 4.92. The van der Waals surface area contributed by atoms with Gasteiger partial charge in [0.2, 0.25) is 0 Å². The Kier molecular flexibility index (Phi) is 3.83. The summed E-state index contributed by atoms with van der Waals surface area (Å²) >= 11 is 0. The number of rotatable bonds is 4. The highest BCUT2D eigenvalue weighted by molar-refractivity contribution is 5.02. The van der Waals surface area contributed by atoms with Crippen LogP contribution in [0.4, 0.5) is 0 Å². The molecule has 0 radical (unpaired) electrons. The van der Waals surface area contributed by atoms with Gasteiger partial charge in [-0.25, -0.2) is 0 Å². The van der Waals surface area contributed by atoms with E-state index < -0.39 is 0 Å². The molecule has 0 spiro atoms. The predicted octanol–water partition coefficient (Wildman–Crippen LogP) is 1.91. The van der Waals surface area contributed by atoms with Gasteiger partial charge in [0, 0.05) is 18.6 Å². The lowest BCUT2D eigenvalue weighted by Gasteiger charge is -2.19. The van der Waals surface area contributed by atoms with Crippen LogP contribution in [0.3, 0.4) is 0 Å². The molecule has 0 aliphatic carbocycles. The molecular formula is C10H17N3. The van der Waals surface area contributed by atoms with Gasteiger partial charge in [0.15, 0.2) is 0 Å². The van der Waals surface area contributed by atoms with Crippen LogP contribution in [0.5, 0.6) is 0 Å². The van der Waals surface area contributed by atoms with Crippen molar-refractivity contribution in [2.75, 3.05) is 0 Å². The third kappa shape index (κ3) is 2.49. The summed E-state index contributed by atoms with van der Waals surface area (Å²) in [5.74, 6) is 0.511. The van der Waals surface area contributed by atoms with Crippen LogP contribution in [0.15, 0.2) is 18.6 Å². The minimum absolute atomic E-state index is 0.0312. The molecule has 0 bridgehead atoms. The molecule has 0 saturated carbocycles. The zero-order valence-corrected chi connectivity index (χ0v) is 8.27. The van der Waals surface area contributed by atoms with Crippen LogP contribution >= 0.6 is 0 Å². The Morgan fingerprint density at radius 3 is 2.46 bits per heavy atom. The minimum Gasteiger partial charge on any atom is -0.322 e. The fourth-order valence-corrected chi connectivity index (χ4v) is 1.52. The molecule has 0 fully saturated rings. The van der Waals surface area contributed by atoms with E-state index in [0.717, 1.165) is 18.5 Å². The number of hydrogen-bond donors (Lipinski definition) is 1. The zero-order chi connectivity index (χ0) is 9.68. The SMILES string of the molecule is CCC(CC)C(N)c1cnccn1. The van der Waals surface area contributed by atoms with Gasteiger partial charge in [0.1, 0.15) is 0 Å². The summed E-state index contributed by atoms with van der Waals surface area (Å²) in [4.78, 5) is 8.22. The lowest BCUT2D eigenvalue weighted by Crippen LogP contribution is -2.21. The zero-order valence-electron chi connectivity index (χ0n) is 8.27. The normalized spacial score (nSPS) is 13.2. The highest BCUT2D eigenvalue weighted by Gasteiger charge is 2.16. The van der Waals surface area contributed by atoms with Gasteiger partial charge < -0.3 is 5.73 Å². The molecule has 0 amide bonds. The van der Waals surface area contributed by atoms with E-state index in [4.69, 9.17) is 5.73 Å². The molecule has 1 rings (SSSR count). The van der Waals surface area contributed by atoms with Gasteiger partial charge in [-0.3, -0.25) is 9.97 Å². The minimum atomic E-state index is 0.0312. The molecule has 1 aromatic heterocycles. The summed E-state index contributed by atoms with van der Waals surface area (Å²) in [6, 6.07) is 0.0312. The molecule has 0 saturated heterocycles. The van der Waals surface area contributed by atoms with Crippen molar-refractivity contribution in [2.24, 2.45) is 11.7 Å². The largest absolute Gasteiger partial charge is 0.322 e. The molecule has 1 heterocycles. The van der Waals surface area contributed by atoms with Crippen LogP contribution < -0.4 is 5.73 Å². The van der Waals surface area contributed by atoms with E-state index in [1.165, 1.54) is 0 Å². The molecule has 3 nitrogen and oxygen atoms in total. The van der Waals surface area contributed by atoms with Gasteiger partial charge in [-0.2, -0.15) is 0 Å². The Labute approximate surface area is 79.4 Å². The van der Waals surface area contributed by atoms with Crippen LogP contribution in [0.2, 0.25) is 0 Å². The smallest absolute Gasteiger partial charge is 0.0756 e. The molecule has 72 valence electrons. The highest BCUT2D eigenvalue weighted by Crippen LogP contribution is 2.22. The Hall–Kier alpha value is -0.960. The van der Waals surface area contributed by atoms with E-state index >= 15 is 0 Å². The van der Waals surface area contributed by atoms with Crippen molar-refractivity contribution >= 4 is 0 Å². The van der Waals surface area contributed by atoms with Crippen molar-refractivity contribution in [3.63, 3.8) is 0 Å². The molecule has 0 aliphatic rings. The lowest BCUT2D eigenvalue weighted by atomic mass is 9.93. The first-order valence-corrected chi connectivity index (χ1v) is 4.81. The van der Waals surface area contributed by atoms with E-state index in [0.29, 0.717) is 5.92 Å². The molecular weight excluding hydrogens is 162 g/mol. The fourth-order valence-electron chi connectivity index (χ4n) is 1.52. The average molecular weight is 179 g/mol. The van der Waals surface area contributed by atoms with E-state index in [1.54, 1.807) is 18.6 Å². The summed E-state index contributed by atoms with van der Waals surface area (Å²) in [7, 11) is 0. The van der Waals surface area contributed by atoms with Crippen molar-refractivity contribution in [3.05, 3.63) is 24.3 Å². The van der Waals surface area contributed by atoms with Gasteiger partial charge in [-0.1, -0.05) is 26.7 Å². The maximum absolute atomic E-state index is 6.06. The predicted molar refractivity (Wildman–Crippen MR) is 53.0 cm³/mol. The van der Waals surface area contributed by atoms with Crippen LogP contribution in [0, 0.1) is 5.92 Å². The van der Waals surface area contributed by atoms with Gasteiger partial charge in [-0.15, -0.1) is 0 Å². The summed E-state index contributed by atoms with van der Waals surface area (Å²) in [5.41, 5.74) is 6.96. The van der Waals surface area contributed by atoms with Crippen molar-refractivity contribution < 1.29 is 0 Å². The second-order valence-corrected chi connectivity index (χ2v) is 3.23. The molecule has 1 unspecified atom stereocenters. The monoisotopic (exact) mass is 179 g/mol. The summed E-state index contributed by atoms with van der Waals surface area (Å²) in [6.45, 7) is 4.31. The van der Waals surface area contributed by atoms with E-state index in [1.807, 2.05) is 0 Å². The molecule has 0 aromatic carbocycles. The topological polar surface area (TPSA) is 51.8 Å². The van der Waals surface area contributed by atoms with Crippen molar-refractivity contribution in [2.45, 2.75) is 32.7 Å². The third-order valence-electron chi connectivity index (χ3n) is 2.48. The number of hydrogen-bond acceptors (Lipinski definition) is 3. The van der Waals surface area contributed by atoms with Gasteiger partial charge in [0.05, 0.1) is 11.7 Å². The van der Waals surface area contributed by atoms with Gasteiger partial charge in [-0.05, 0) is 5.92 Å². The first-order chi connectivity index (χ1) is 6.29. The molecule has 13 heavy (non-hydrogen) atoms. The standard InChI is InChI=1S/C10H17N3/c1-3-8(4-2)10(11)9-7-12-5-6-13-9/h5-8,10H,3-4,11H2,1-2H3. The van der Waals surface area contributed by atoms with Crippen LogP contribution in [-0.4, -0.2) is 9.97 Å². The maximum Gasteiger partial charge on any atom is 0.0756 e. The Bertz CT molecular complexity index is 231. The molecule has 3 heteroatoms. The molecule has 1 aromatic rings. The van der Waals surface area contributed by atoms with E-state index in [9.17, 15) is 0 Å². The van der Waals surface area contributed by atoms with E-state index in [2.05, 4.69) is 23.8 Å². The number of nitrogens with two attached hydrogens (primary N) is 1. The summed E-state index contributed by atoms with van der Waals surface area (Å²) < 4.78 is 0. The summed E-state index contributed by atoms with van der Waals surface area (Å²) in [6.07, 6.45) is 7.30. The molecule has 2 N–H and O–H groups in total. The summed E-state index contributed by atoms with van der Waals surface area (Å²) in [5, 5.41) is 0. The average Bonchev–Trinajstić information content (AvgIpc) is 2.21. The Morgan fingerprint density at radius 2 is 2.00 bits per heavy atom. The van der Waals surface area contributed by atoms with Crippen LogP contribution in [0.25, 0.3) is 0 Å². The maximum atomic E-state index is 6.06. The van der Waals surface area contributed by atoms with Crippen molar-refractivity contribution in [3.8, 4) is 0 Å². The van der Waals surface area contributed by atoms with Gasteiger partial charge in [0.25, 0.3) is 0 Å². The van der Waals surface area contributed by atoms with Crippen molar-refractivity contribution in [1.82, 2.24) is 9.97 Å².